The topological polar surface area (TPSA) is 49.8 Å². The smallest absolute Gasteiger partial charge is 0.172 e. The maximum absolute atomic E-state index is 13.9. The fourth-order valence-corrected chi connectivity index (χ4v) is 2.55. The van der Waals surface area contributed by atoms with Crippen molar-refractivity contribution in [1.29, 1.82) is 0 Å². The minimum absolute atomic E-state index is 0.0355. The van der Waals surface area contributed by atoms with Crippen LogP contribution in [-0.2, 0) is 5.54 Å². The molecule has 1 saturated carbocycles. The van der Waals surface area contributed by atoms with Crippen molar-refractivity contribution in [2.75, 3.05) is 5.32 Å². The van der Waals surface area contributed by atoms with Crippen molar-refractivity contribution in [2.45, 2.75) is 18.4 Å². The number of hydrogen-bond donors (Lipinski definition) is 2. The molecule has 1 heterocycles. The summed E-state index contributed by atoms with van der Waals surface area (Å²) in [6.07, 6.45) is 2.78. The molecule has 0 spiro atoms. The molecule has 3 rings (SSSR count). The third kappa shape index (κ3) is 2.82. The molecule has 0 saturated heterocycles. The number of nitrogens with one attached hydrogen (secondary N) is 2. The van der Waals surface area contributed by atoms with Crippen molar-refractivity contribution in [3.63, 3.8) is 0 Å². The van der Waals surface area contributed by atoms with E-state index in [9.17, 15) is 8.78 Å². The Balaban J connectivity index is 1.77. The summed E-state index contributed by atoms with van der Waals surface area (Å²) in [6.45, 7) is 0. The van der Waals surface area contributed by atoms with Gasteiger partial charge in [0.1, 0.15) is 11.6 Å². The van der Waals surface area contributed by atoms with E-state index in [-0.39, 0.29) is 10.7 Å². The SMILES string of the molecule is Fc1cccc(F)c1C1(NC(=S)Nc2cccnn2)CC1. The van der Waals surface area contributed by atoms with Crippen LogP contribution < -0.4 is 10.6 Å². The second-order valence-corrected chi connectivity index (χ2v) is 5.28. The van der Waals surface area contributed by atoms with E-state index in [1.54, 1.807) is 18.3 Å². The Morgan fingerprint density at radius 3 is 2.43 bits per heavy atom. The molecule has 21 heavy (non-hydrogen) atoms. The zero-order chi connectivity index (χ0) is 14.9. The second-order valence-electron chi connectivity index (χ2n) is 4.87. The zero-order valence-electron chi connectivity index (χ0n) is 10.9. The molecular formula is C14H12F2N4S. The minimum atomic E-state index is -0.776. The van der Waals surface area contributed by atoms with Crippen LogP contribution >= 0.6 is 12.2 Å². The molecule has 4 nitrogen and oxygen atoms in total. The van der Waals surface area contributed by atoms with Crippen molar-refractivity contribution in [2.24, 2.45) is 0 Å². The van der Waals surface area contributed by atoms with Crippen LogP contribution in [0.1, 0.15) is 18.4 Å². The van der Waals surface area contributed by atoms with Gasteiger partial charge >= 0.3 is 0 Å². The number of thiocarbonyl (C=S) groups is 1. The lowest BCUT2D eigenvalue weighted by atomic mass is 10.0. The Hall–Kier alpha value is -2.15. The van der Waals surface area contributed by atoms with E-state index in [4.69, 9.17) is 12.2 Å². The van der Waals surface area contributed by atoms with Gasteiger partial charge in [-0.3, -0.25) is 0 Å². The number of halogens is 2. The monoisotopic (exact) mass is 306 g/mol. The molecule has 1 aromatic carbocycles. The largest absolute Gasteiger partial charge is 0.353 e. The molecule has 1 aliphatic rings. The van der Waals surface area contributed by atoms with Gasteiger partial charge in [-0.15, -0.1) is 5.10 Å². The number of hydrogen-bond acceptors (Lipinski definition) is 3. The van der Waals surface area contributed by atoms with E-state index >= 15 is 0 Å². The van der Waals surface area contributed by atoms with Crippen LogP contribution in [0.2, 0.25) is 0 Å². The quantitative estimate of drug-likeness (QED) is 0.854. The Kier molecular flexibility index (Phi) is 3.50. The molecule has 1 aliphatic carbocycles. The van der Waals surface area contributed by atoms with Gasteiger partial charge in [0, 0.05) is 11.8 Å². The fourth-order valence-electron chi connectivity index (χ4n) is 2.25. The Morgan fingerprint density at radius 2 is 1.86 bits per heavy atom. The molecule has 2 aromatic rings. The van der Waals surface area contributed by atoms with Crippen molar-refractivity contribution >= 4 is 23.1 Å². The highest BCUT2D eigenvalue weighted by atomic mass is 32.1. The van der Waals surface area contributed by atoms with Crippen LogP contribution in [0.4, 0.5) is 14.6 Å². The summed E-state index contributed by atoms with van der Waals surface area (Å²) in [7, 11) is 0. The first-order valence-electron chi connectivity index (χ1n) is 6.42. The average molecular weight is 306 g/mol. The molecule has 7 heteroatoms. The van der Waals surface area contributed by atoms with Crippen LogP contribution in [0.5, 0.6) is 0 Å². The molecule has 0 bridgehead atoms. The van der Waals surface area contributed by atoms with Crippen molar-refractivity contribution in [3.8, 4) is 0 Å². The predicted octanol–water partition coefficient (Wildman–Crippen LogP) is 2.73. The van der Waals surface area contributed by atoms with Crippen LogP contribution in [0.15, 0.2) is 36.5 Å². The number of anilines is 1. The number of nitrogens with zero attached hydrogens (tertiary/aromatic N) is 2. The summed E-state index contributed by atoms with van der Waals surface area (Å²) >= 11 is 5.18. The summed E-state index contributed by atoms with van der Waals surface area (Å²) in [5, 5.41) is 13.7. The molecule has 108 valence electrons. The highest BCUT2D eigenvalue weighted by Gasteiger charge is 2.48. The van der Waals surface area contributed by atoms with E-state index in [1.807, 2.05) is 0 Å². The molecule has 2 N–H and O–H groups in total. The molecule has 1 aromatic heterocycles. The lowest BCUT2D eigenvalue weighted by Crippen LogP contribution is -2.39. The van der Waals surface area contributed by atoms with Gasteiger partial charge in [0.2, 0.25) is 0 Å². The normalized spacial score (nSPS) is 15.3. The van der Waals surface area contributed by atoms with Gasteiger partial charge < -0.3 is 10.6 Å². The summed E-state index contributed by atoms with van der Waals surface area (Å²) < 4.78 is 27.8. The van der Waals surface area contributed by atoms with Crippen LogP contribution in [0.25, 0.3) is 0 Å². The van der Waals surface area contributed by atoms with Crippen LogP contribution in [-0.4, -0.2) is 15.3 Å². The van der Waals surface area contributed by atoms with Crippen LogP contribution in [0, 0.1) is 11.6 Å². The minimum Gasteiger partial charge on any atom is -0.353 e. The Morgan fingerprint density at radius 1 is 1.14 bits per heavy atom. The fraction of sp³-hybridized carbons (Fsp3) is 0.214. The maximum Gasteiger partial charge on any atom is 0.172 e. The zero-order valence-corrected chi connectivity index (χ0v) is 11.8. The molecular weight excluding hydrogens is 294 g/mol. The van der Waals surface area contributed by atoms with Gasteiger partial charge in [0.05, 0.1) is 5.54 Å². The third-order valence-corrected chi connectivity index (χ3v) is 3.56. The summed E-state index contributed by atoms with van der Waals surface area (Å²) in [4.78, 5) is 0. The first kappa shape index (κ1) is 13.8. The molecule has 0 amide bonds. The molecule has 1 fully saturated rings. The summed E-state index contributed by atoms with van der Waals surface area (Å²) in [5.41, 5.74) is -0.741. The van der Waals surface area contributed by atoms with Gasteiger partial charge in [-0.25, -0.2) is 8.78 Å². The maximum atomic E-state index is 13.9. The standard InChI is InChI=1S/C14H12F2N4S/c15-9-3-1-4-10(16)12(9)14(6-7-14)19-13(21)18-11-5-2-8-17-20-11/h1-5,8H,6-7H2,(H2,18,19,20,21). The number of rotatable bonds is 3. The van der Waals surface area contributed by atoms with E-state index in [0.29, 0.717) is 18.7 Å². The van der Waals surface area contributed by atoms with Gasteiger partial charge in [-0.2, -0.15) is 5.10 Å². The summed E-state index contributed by atoms with van der Waals surface area (Å²) in [5.74, 6) is -0.663. The molecule has 0 radical (unpaired) electrons. The van der Waals surface area contributed by atoms with Crippen molar-refractivity contribution < 1.29 is 8.78 Å². The molecule has 0 aliphatic heterocycles. The van der Waals surface area contributed by atoms with Crippen molar-refractivity contribution in [1.82, 2.24) is 15.5 Å². The Labute approximate surface area is 125 Å². The van der Waals surface area contributed by atoms with Gasteiger partial charge in [0.25, 0.3) is 0 Å². The highest BCUT2D eigenvalue weighted by molar-refractivity contribution is 7.80. The van der Waals surface area contributed by atoms with Gasteiger partial charge in [0.15, 0.2) is 10.9 Å². The molecule has 0 unspecified atom stereocenters. The third-order valence-electron chi connectivity index (χ3n) is 3.36. The van der Waals surface area contributed by atoms with E-state index in [2.05, 4.69) is 20.8 Å². The van der Waals surface area contributed by atoms with Crippen molar-refractivity contribution in [3.05, 3.63) is 53.7 Å². The summed E-state index contributed by atoms with van der Waals surface area (Å²) in [6, 6.07) is 7.25. The lowest BCUT2D eigenvalue weighted by Gasteiger charge is -2.21. The van der Waals surface area contributed by atoms with E-state index in [0.717, 1.165) is 0 Å². The average Bonchev–Trinajstić information content (AvgIpc) is 3.19. The second kappa shape index (κ2) is 5.33. The van der Waals surface area contributed by atoms with Gasteiger partial charge in [-0.05, 0) is 49.3 Å². The van der Waals surface area contributed by atoms with E-state index < -0.39 is 17.2 Å². The predicted molar refractivity (Wildman–Crippen MR) is 78.7 cm³/mol. The molecule has 0 atom stereocenters. The lowest BCUT2D eigenvalue weighted by molar-refractivity contribution is 0.501. The van der Waals surface area contributed by atoms with Crippen LogP contribution in [0.3, 0.4) is 0 Å². The van der Waals surface area contributed by atoms with Gasteiger partial charge in [-0.1, -0.05) is 6.07 Å². The Bertz CT molecular complexity index is 654. The van der Waals surface area contributed by atoms with E-state index in [1.165, 1.54) is 18.2 Å². The number of benzene rings is 1. The highest BCUT2D eigenvalue weighted by Crippen LogP contribution is 2.47. The first-order valence-corrected chi connectivity index (χ1v) is 6.83. The first-order chi connectivity index (χ1) is 10.1. The number of aromatic nitrogens is 2.